The summed E-state index contributed by atoms with van der Waals surface area (Å²) in [5.74, 6) is 0.918. The monoisotopic (exact) mass is 255 g/mol. The van der Waals surface area contributed by atoms with Crippen LogP contribution in [0.5, 0.6) is 5.75 Å². The molecule has 0 unspecified atom stereocenters. The van der Waals surface area contributed by atoms with Crippen molar-refractivity contribution in [3.63, 3.8) is 0 Å². The molecule has 0 heterocycles. The van der Waals surface area contributed by atoms with Gasteiger partial charge in [-0.1, -0.05) is 48.5 Å². The van der Waals surface area contributed by atoms with Crippen LogP contribution in [-0.4, -0.2) is 13.2 Å². The highest BCUT2D eigenvalue weighted by Crippen LogP contribution is 2.18. The van der Waals surface area contributed by atoms with Crippen LogP contribution in [0.3, 0.4) is 0 Å². The molecule has 0 radical (unpaired) electrons. The van der Waals surface area contributed by atoms with E-state index in [1.54, 1.807) is 0 Å². The third-order valence-corrected chi connectivity index (χ3v) is 3.18. The van der Waals surface area contributed by atoms with Gasteiger partial charge in [-0.15, -0.1) is 0 Å². The van der Waals surface area contributed by atoms with Crippen LogP contribution < -0.4 is 10.1 Å². The largest absolute Gasteiger partial charge is 0.492 e. The second kappa shape index (κ2) is 6.39. The molecule has 2 heteroatoms. The van der Waals surface area contributed by atoms with Crippen LogP contribution in [0.1, 0.15) is 19.4 Å². The van der Waals surface area contributed by atoms with Crippen molar-refractivity contribution >= 4 is 0 Å². The van der Waals surface area contributed by atoms with Crippen molar-refractivity contribution in [1.82, 2.24) is 5.32 Å². The highest BCUT2D eigenvalue weighted by atomic mass is 16.5. The quantitative estimate of drug-likeness (QED) is 0.796. The van der Waals surface area contributed by atoms with E-state index in [4.69, 9.17) is 4.74 Å². The first-order valence-electron chi connectivity index (χ1n) is 6.67. The van der Waals surface area contributed by atoms with Gasteiger partial charge in [0.15, 0.2) is 0 Å². The van der Waals surface area contributed by atoms with Gasteiger partial charge < -0.3 is 10.1 Å². The van der Waals surface area contributed by atoms with Gasteiger partial charge in [0, 0.05) is 12.1 Å². The lowest BCUT2D eigenvalue weighted by molar-refractivity contribution is 0.285. The van der Waals surface area contributed by atoms with E-state index in [2.05, 4.69) is 43.4 Å². The third-order valence-electron chi connectivity index (χ3n) is 3.18. The van der Waals surface area contributed by atoms with E-state index in [-0.39, 0.29) is 5.54 Å². The first kappa shape index (κ1) is 13.6. The van der Waals surface area contributed by atoms with Crippen molar-refractivity contribution in [2.45, 2.75) is 19.4 Å². The summed E-state index contributed by atoms with van der Waals surface area (Å²) in [5.41, 5.74) is 1.25. The topological polar surface area (TPSA) is 21.3 Å². The van der Waals surface area contributed by atoms with E-state index in [9.17, 15) is 0 Å². The third kappa shape index (κ3) is 4.11. The number of rotatable bonds is 6. The molecule has 0 fully saturated rings. The normalized spacial score (nSPS) is 11.3. The first-order chi connectivity index (χ1) is 9.18. The molecule has 0 bridgehead atoms. The van der Waals surface area contributed by atoms with Crippen molar-refractivity contribution in [1.29, 1.82) is 0 Å². The minimum absolute atomic E-state index is 0.0404. The molecule has 0 atom stereocenters. The van der Waals surface area contributed by atoms with Gasteiger partial charge in [-0.05, 0) is 31.5 Å². The summed E-state index contributed by atoms with van der Waals surface area (Å²) in [6.45, 7) is 5.85. The Labute approximate surface area is 115 Å². The molecule has 0 aliphatic carbocycles. The number of benzene rings is 2. The van der Waals surface area contributed by atoms with Gasteiger partial charge in [-0.25, -0.2) is 0 Å². The minimum atomic E-state index is -0.0404. The Morgan fingerprint density at radius 2 is 1.47 bits per heavy atom. The van der Waals surface area contributed by atoms with Gasteiger partial charge in [0.25, 0.3) is 0 Å². The summed E-state index contributed by atoms with van der Waals surface area (Å²) in [4.78, 5) is 0. The molecule has 2 aromatic rings. The smallest absolute Gasteiger partial charge is 0.119 e. The van der Waals surface area contributed by atoms with Gasteiger partial charge in [0.05, 0.1) is 0 Å². The molecule has 0 saturated heterocycles. The molecule has 1 N–H and O–H groups in total. The van der Waals surface area contributed by atoms with Crippen LogP contribution in [0.25, 0.3) is 0 Å². The van der Waals surface area contributed by atoms with Crippen LogP contribution >= 0.6 is 0 Å². The second-order valence-corrected chi connectivity index (χ2v) is 5.08. The molecule has 0 spiro atoms. The average molecular weight is 255 g/mol. The van der Waals surface area contributed by atoms with E-state index in [0.717, 1.165) is 12.3 Å². The number of hydrogen-bond acceptors (Lipinski definition) is 2. The maximum atomic E-state index is 5.67. The van der Waals surface area contributed by atoms with E-state index in [1.807, 2.05) is 36.4 Å². The van der Waals surface area contributed by atoms with Gasteiger partial charge in [-0.2, -0.15) is 0 Å². The van der Waals surface area contributed by atoms with Crippen molar-refractivity contribution < 1.29 is 4.74 Å². The maximum Gasteiger partial charge on any atom is 0.119 e. The summed E-state index contributed by atoms with van der Waals surface area (Å²) in [7, 11) is 0. The highest BCUT2D eigenvalue weighted by molar-refractivity contribution is 5.23. The molecule has 0 amide bonds. The van der Waals surface area contributed by atoms with Crippen LogP contribution in [-0.2, 0) is 5.54 Å². The van der Waals surface area contributed by atoms with Crippen molar-refractivity contribution in [3.05, 3.63) is 66.2 Å². The van der Waals surface area contributed by atoms with Crippen LogP contribution in [0.4, 0.5) is 0 Å². The SMILES string of the molecule is CC(C)(NCCOc1ccccc1)c1ccccc1. The number of ether oxygens (including phenoxy) is 1. The molecule has 2 nitrogen and oxygen atoms in total. The fourth-order valence-corrected chi connectivity index (χ4v) is 2.01. The van der Waals surface area contributed by atoms with E-state index >= 15 is 0 Å². The number of para-hydroxylation sites is 1. The van der Waals surface area contributed by atoms with E-state index < -0.39 is 0 Å². The van der Waals surface area contributed by atoms with Crippen molar-refractivity contribution in [2.75, 3.05) is 13.2 Å². The summed E-state index contributed by atoms with van der Waals surface area (Å²) >= 11 is 0. The Hall–Kier alpha value is -1.80. The Bertz CT molecular complexity index is 479. The fraction of sp³-hybridized carbons (Fsp3) is 0.294. The van der Waals surface area contributed by atoms with E-state index in [0.29, 0.717) is 6.61 Å². The zero-order valence-corrected chi connectivity index (χ0v) is 11.6. The molecule has 2 aromatic carbocycles. The Balaban J connectivity index is 1.79. The lowest BCUT2D eigenvalue weighted by Crippen LogP contribution is -2.38. The summed E-state index contributed by atoms with van der Waals surface area (Å²) in [6.07, 6.45) is 0. The zero-order valence-electron chi connectivity index (χ0n) is 11.6. The van der Waals surface area contributed by atoms with Crippen molar-refractivity contribution in [3.8, 4) is 5.75 Å². The summed E-state index contributed by atoms with van der Waals surface area (Å²) < 4.78 is 5.67. The molecular weight excluding hydrogens is 234 g/mol. The molecular formula is C17H21NO. The lowest BCUT2D eigenvalue weighted by atomic mass is 9.94. The molecule has 2 rings (SSSR count). The van der Waals surface area contributed by atoms with Gasteiger partial charge in [0.2, 0.25) is 0 Å². The highest BCUT2D eigenvalue weighted by Gasteiger charge is 2.18. The second-order valence-electron chi connectivity index (χ2n) is 5.08. The zero-order chi connectivity index (χ0) is 13.6. The maximum absolute atomic E-state index is 5.67. The van der Waals surface area contributed by atoms with Gasteiger partial charge >= 0.3 is 0 Å². The lowest BCUT2D eigenvalue weighted by Gasteiger charge is -2.27. The van der Waals surface area contributed by atoms with Gasteiger partial charge in [-0.3, -0.25) is 0 Å². The molecule has 0 aliphatic heterocycles. The number of hydrogen-bond donors (Lipinski definition) is 1. The van der Waals surface area contributed by atoms with Crippen LogP contribution in [0.15, 0.2) is 60.7 Å². The van der Waals surface area contributed by atoms with Crippen LogP contribution in [0, 0.1) is 0 Å². The standard InChI is InChI=1S/C17H21NO/c1-17(2,15-9-5-3-6-10-15)18-13-14-19-16-11-7-4-8-12-16/h3-12,18H,13-14H2,1-2H3. The Morgan fingerprint density at radius 3 is 2.11 bits per heavy atom. The number of nitrogens with one attached hydrogen (secondary N) is 1. The predicted molar refractivity (Wildman–Crippen MR) is 79.4 cm³/mol. The Kier molecular flexibility index (Phi) is 4.58. The fourth-order valence-electron chi connectivity index (χ4n) is 2.01. The van der Waals surface area contributed by atoms with Crippen LogP contribution in [0.2, 0.25) is 0 Å². The molecule has 19 heavy (non-hydrogen) atoms. The Morgan fingerprint density at radius 1 is 0.895 bits per heavy atom. The van der Waals surface area contributed by atoms with E-state index in [1.165, 1.54) is 5.56 Å². The summed E-state index contributed by atoms with van der Waals surface area (Å²) in [6, 6.07) is 20.4. The predicted octanol–water partition coefficient (Wildman–Crippen LogP) is 3.59. The summed E-state index contributed by atoms with van der Waals surface area (Å²) in [5, 5.41) is 3.52. The first-order valence-corrected chi connectivity index (χ1v) is 6.67. The molecule has 0 saturated carbocycles. The van der Waals surface area contributed by atoms with Crippen molar-refractivity contribution in [2.24, 2.45) is 0 Å². The van der Waals surface area contributed by atoms with Gasteiger partial charge in [0.1, 0.15) is 12.4 Å². The molecule has 0 aromatic heterocycles. The molecule has 100 valence electrons. The molecule has 0 aliphatic rings. The minimum Gasteiger partial charge on any atom is -0.492 e. The average Bonchev–Trinajstić information content (AvgIpc) is 2.46.